The van der Waals surface area contributed by atoms with E-state index in [4.69, 9.17) is 5.73 Å². The Kier molecular flexibility index (Phi) is 4.70. The Morgan fingerprint density at radius 1 is 1.62 bits per heavy atom. The highest BCUT2D eigenvalue weighted by Crippen LogP contribution is 2.23. The molecule has 1 aromatic carbocycles. The van der Waals surface area contributed by atoms with Crippen molar-refractivity contribution in [2.45, 2.75) is 18.7 Å². The minimum absolute atomic E-state index is 0.0340. The van der Waals surface area contributed by atoms with Crippen molar-refractivity contribution in [1.29, 1.82) is 0 Å². The third kappa shape index (κ3) is 3.46. The van der Waals surface area contributed by atoms with Crippen molar-refractivity contribution >= 4 is 17.4 Å². The molecule has 0 heterocycles. The SMILES string of the molecule is CC(N)CSCc1cccc([N+](=O)[O-])c1F. The van der Waals surface area contributed by atoms with Crippen molar-refractivity contribution in [3.63, 3.8) is 0 Å². The van der Waals surface area contributed by atoms with Crippen LogP contribution in [0.2, 0.25) is 0 Å². The highest BCUT2D eigenvalue weighted by Gasteiger charge is 2.16. The maximum Gasteiger partial charge on any atom is 0.305 e. The summed E-state index contributed by atoms with van der Waals surface area (Å²) >= 11 is 1.46. The summed E-state index contributed by atoms with van der Waals surface area (Å²) in [4.78, 5) is 9.78. The number of rotatable bonds is 5. The number of benzene rings is 1. The largest absolute Gasteiger partial charge is 0.327 e. The van der Waals surface area contributed by atoms with Gasteiger partial charge in [-0.1, -0.05) is 12.1 Å². The van der Waals surface area contributed by atoms with E-state index in [1.807, 2.05) is 6.92 Å². The van der Waals surface area contributed by atoms with Gasteiger partial charge in [-0.3, -0.25) is 10.1 Å². The molecule has 1 unspecified atom stereocenters. The molecule has 0 bridgehead atoms. The van der Waals surface area contributed by atoms with Gasteiger partial charge in [0.25, 0.3) is 0 Å². The van der Waals surface area contributed by atoms with Crippen LogP contribution in [0.3, 0.4) is 0 Å². The zero-order valence-electron chi connectivity index (χ0n) is 8.85. The molecule has 1 rings (SSSR count). The molecule has 0 saturated carbocycles. The lowest BCUT2D eigenvalue weighted by Crippen LogP contribution is -2.17. The number of halogens is 1. The number of nitro groups is 1. The summed E-state index contributed by atoms with van der Waals surface area (Å²) in [6.07, 6.45) is 0. The topological polar surface area (TPSA) is 69.2 Å². The van der Waals surface area contributed by atoms with Gasteiger partial charge < -0.3 is 5.73 Å². The van der Waals surface area contributed by atoms with E-state index in [1.54, 1.807) is 6.07 Å². The van der Waals surface area contributed by atoms with E-state index in [0.29, 0.717) is 17.1 Å². The first-order chi connectivity index (χ1) is 7.52. The normalized spacial score (nSPS) is 12.4. The van der Waals surface area contributed by atoms with Gasteiger partial charge in [0.05, 0.1) is 4.92 Å². The number of thioether (sulfide) groups is 1. The third-order valence-electron chi connectivity index (χ3n) is 1.89. The quantitative estimate of drug-likeness (QED) is 0.637. The van der Waals surface area contributed by atoms with E-state index in [2.05, 4.69) is 0 Å². The Balaban J connectivity index is 2.73. The number of hydrogen-bond donors (Lipinski definition) is 1. The van der Waals surface area contributed by atoms with Crippen molar-refractivity contribution < 1.29 is 9.31 Å². The van der Waals surface area contributed by atoms with Gasteiger partial charge in [-0.15, -0.1) is 0 Å². The van der Waals surface area contributed by atoms with Crippen molar-refractivity contribution in [3.8, 4) is 0 Å². The Bertz CT molecular complexity index is 385. The lowest BCUT2D eigenvalue weighted by molar-refractivity contribution is -0.387. The Morgan fingerprint density at radius 2 is 2.31 bits per heavy atom. The first-order valence-electron chi connectivity index (χ1n) is 4.77. The summed E-state index contributed by atoms with van der Waals surface area (Å²) in [5.74, 6) is 0.349. The van der Waals surface area contributed by atoms with Crippen molar-refractivity contribution in [1.82, 2.24) is 0 Å². The molecule has 2 N–H and O–H groups in total. The number of nitrogens with two attached hydrogens (primary N) is 1. The summed E-state index contributed by atoms with van der Waals surface area (Å²) in [5, 5.41) is 10.5. The van der Waals surface area contributed by atoms with Crippen molar-refractivity contribution in [2.24, 2.45) is 5.73 Å². The molecule has 0 aliphatic carbocycles. The molecule has 6 heteroatoms. The highest BCUT2D eigenvalue weighted by molar-refractivity contribution is 7.98. The van der Waals surface area contributed by atoms with E-state index in [9.17, 15) is 14.5 Å². The lowest BCUT2D eigenvalue weighted by Gasteiger charge is -2.05. The van der Waals surface area contributed by atoms with E-state index in [1.165, 1.54) is 17.8 Å². The molecule has 0 aromatic heterocycles. The van der Waals surface area contributed by atoms with Crippen LogP contribution in [0.25, 0.3) is 0 Å². The first-order valence-corrected chi connectivity index (χ1v) is 5.93. The molecule has 4 nitrogen and oxygen atoms in total. The molecule has 1 atom stereocenters. The molecule has 0 amide bonds. The molecule has 16 heavy (non-hydrogen) atoms. The van der Waals surface area contributed by atoms with Crippen LogP contribution in [-0.2, 0) is 5.75 Å². The van der Waals surface area contributed by atoms with Crippen LogP contribution in [-0.4, -0.2) is 16.7 Å². The van der Waals surface area contributed by atoms with Gasteiger partial charge in [-0.2, -0.15) is 16.2 Å². The summed E-state index contributed by atoms with van der Waals surface area (Å²) in [5.41, 5.74) is 5.42. The molecule has 0 aliphatic heterocycles. The van der Waals surface area contributed by atoms with E-state index in [-0.39, 0.29) is 6.04 Å². The number of nitrogens with zero attached hydrogens (tertiary/aromatic N) is 1. The molecule has 88 valence electrons. The van der Waals surface area contributed by atoms with Crippen LogP contribution >= 0.6 is 11.8 Å². The van der Waals surface area contributed by atoms with E-state index < -0.39 is 16.4 Å². The fourth-order valence-corrected chi connectivity index (χ4v) is 2.11. The van der Waals surface area contributed by atoms with E-state index in [0.717, 1.165) is 6.07 Å². The molecule has 0 spiro atoms. The average molecular weight is 244 g/mol. The molecule has 0 aliphatic rings. The van der Waals surface area contributed by atoms with Gasteiger partial charge in [0.15, 0.2) is 0 Å². The van der Waals surface area contributed by atoms with E-state index >= 15 is 0 Å². The maximum absolute atomic E-state index is 13.6. The zero-order valence-corrected chi connectivity index (χ0v) is 9.67. The van der Waals surface area contributed by atoms with Crippen molar-refractivity contribution in [2.75, 3.05) is 5.75 Å². The van der Waals surface area contributed by atoms with Crippen LogP contribution in [0.1, 0.15) is 12.5 Å². The minimum atomic E-state index is -0.746. The predicted octanol–water partition coefficient (Wildman–Crippen LogP) is 2.31. The summed E-state index contributed by atoms with van der Waals surface area (Å²) in [6.45, 7) is 1.86. The zero-order chi connectivity index (χ0) is 12.1. The predicted molar refractivity (Wildman–Crippen MR) is 62.9 cm³/mol. The Hall–Kier alpha value is -1.14. The van der Waals surface area contributed by atoms with Crippen LogP contribution in [0.5, 0.6) is 0 Å². The van der Waals surface area contributed by atoms with Crippen molar-refractivity contribution in [3.05, 3.63) is 39.7 Å². The third-order valence-corrected chi connectivity index (χ3v) is 3.17. The van der Waals surface area contributed by atoms with Gasteiger partial charge in [0.1, 0.15) is 0 Å². The van der Waals surface area contributed by atoms with Gasteiger partial charge in [0.2, 0.25) is 5.82 Å². The summed E-state index contributed by atoms with van der Waals surface area (Å²) in [7, 11) is 0. The lowest BCUT2D eigenvalue weighted by atomic mass is 10.2. The monoisotopic (exact) mass is 244 g/mol. The highest BCUT2D eigenvalue weighted by atomic mass is 32.2. The second kappa shape index (κ2) is 5.81. The van der Waals surface area contributed by atoms with Gasteiger partial charge in [-0.05, 0) is 6.92 Å². The minimum Gasteiger partial charge on any atom is -0.327 e. The smallest absolute Gasteiger partial charge is 0.305 e. The summed E-state index contributed by atoms with van der Waals surface area (Å²) < 4.78 is 13.6. The van der Waals surface area contributed by atoms with Crippen LogP contribution in [0.15, 0.2) is 18.2 Å². The molecule has 0 saturated heterocycles. The average Bonchev–Trinajstić information content (AvgIpc) is 2.19. The van der Waals surface area contributed by atoms with Crippen LogP contribution in [0, 0.1) is 15.9 Å². The standard InChI is InChI=1S/C10H13FN2O2S/c1-7(12)5-16-6-8-3-2-4-9(10(8)11)13(14)15/h2-4,7H,5-6,12H2,1H3. The summed E-state index contributed by atoms with van der Waals surface area (Å²) in [6, 6.07) is 4.24. The first kappa shape index (κ1) is 12.9. The number of hydrogen-bond acceptors (Lipinski definition) is 4. The van der Waals surface area contributed by atoms with Gasteiger partial charge in [0, 0.05) is 29.2 Å². The molecular weight excluding hydrogens is 231 g/mol. The Labute approximate surface area is 97.2 Å². The molecule has 0 radical (unpaired) electrons. The Morgan fingerprint density at radius 3 is 2.88 bits per heavy atom. The molecule has 1 aromatic rings. The van der Waals surface area contributed by atoms with Gasteiger partial charge in [-0.25, -0.2) is 0 Å². The molecule has 0 fully saturated rings. The maximum atomic E-state index is 13.6. The molecular formula is C10H13FN2O2S. The van der Waals surface area contributed by atoms with Gasteiger partial charge >= 0.3 is 5.69 Å². The second-order valence-electron chi connectivity index (χ2n) is 3.50. The number of nitro benzene ring substituents is 1. The fourth-order valence-electron chi connectivity index (χ4n) is 1.17. The van der Waals surface area contributed by atoms with Crippen LogP contribution in [0.4, 0.5) is 10.1 Å². The van der Waals surface area contributed by atoms with Crippen LogP contribution < -0.4 is 5.73 Å². The second-order valence-corrected chi connectivity index (χ2v) is 4.53. The fraction of sp³-hybridized carbons (Fsp3) is 0.400.